The molecule has 10 heteroatoms. The molecule has 3 rings (SSSR count). The van der Waals surface area contributed by atoms with E-state index in [1.54, 1.807) is 12.1 Å². The van der Waals surface area contributed by atoms with Gasteiger partial charge in [0.1, 0.15) is 10.7 Å². The summed E-state index contributed by atoms with van der Waals surface area (Å²) in [6.07, 6.45) is 0. The first-order chi connectivity index (χ1) is 12.2. The zero-order chi connectivity index (χ0) is 18.9. The average Bonchev–Trinajstić information content (AvgIpc) is 2.62. The van der Waals surface area contributed by atoms with E-state index in [1.165, 1.54) is 32.9 Å². The van der Waals surface area contributed by atoms with Gasteiger partial charge in [-0.05, 0) is 36.4 Å². The van der Waals surface area contributed by atoms with Gasteiger partial charge in [0.2, 0.25) is 20.0 Å². The van der Waals surface area contributed by atoms with Gasteiger partial charge in [0.05, 0.1) is 9.92 Å². The van der Waals surface area contributed by atoms with Crippen LogP contribution in [-0.2, 0) is 20.0 Å². The zero-order valence-electron chi connectivity index (χ0n) is 13.5. The van der Waals surface area contributed by atoms with Gasteiger partial charge >= 0.3 is 0 Å². The van der Waals surface area contributed by atoms with Crippen molar-refractivity contribution in [1.29, 1.82) is 0 Å². The van der Waals surface area contributed by atoms with E-state index in [0.29, 0.717) is 0 Å². The highest BCUT2D eigenvalue weighted by molar-refractivity contribution is 7.89. The molecule has 0 aromatic heterocycles. The predicted octanol–water partition coefficient (Wildman–Crippen LogP) is 2.17. The summed E-state index contributed by atoms with van der Waals surface area (Å²) >= 11 is 5.98. The lowest BCUT2D eigenvalue weighted by molar-refractivity contribution is 0.273. The quantitative estimate of drug-likeness (QED) is 0.762. The molecule has 1 aliphatic heterocycles. The lowest BCUT2D eigenvalue weighted by Crippen LogP contribution is -2.50. The molecule has 0 N–H and O–H groups in total. The fourth-order valence-electron chi connectivity index (χ4n) is 2.70. The lowest BCUT2D eigenvalue weighted by atomic mass is 10.4. The minimum absolute atomic E-state index is 0.00323. The zero-order valence-corrected chi connectivity index (χ0v) is 15.9. The van der Waals surface area contributed by atoms with Crippen molar-refractivity contribution in [3.8, 4) is 0 Å². The van der Waals surface area contributed by atoms with Gasteiger partial charge in [-0.15, -0.1) is 0 Å². The fraction of sp³-hybridized carbons (Fsp3) is 0.250. The SMILES string of the molecule is O=S(=O)(c1ccc(F)cc1)N1CCN(S(=O)(=O)c2ccccc2Cl)CC1. The van der Waals surface area contributed by atoms with Crippen LogP contribution < -0.4 is 0 Å². The molecule has 140 valence electrons. The number of nitrogens with zero attached hydrogens (tertiary/aromatic N) is 2. The summed E-state index contributed by atoms with van der Waals surface area (Å²) in [5.74, 6) is -0.528. The third-order valence-electron chi connectivity index (χ3n) is 4.10. The summed E-state index contributed by atoms with van der Waals surface area (Å²) in [5.41, 5.74) is 0. The highest BCUT2D eigenvalue weighted by Crippen LogP contribution is 2.26. The normalized spacial score (nSPS) is 17.3. The van der Waals surface area contributed by atoms with Crippen molar-refractivity contribution in [2.24, 2.45) is 0 Å². The summed E-state index contributed by atoms with van der Waals surface area (Å²) < 4.78 is 66.0. The summed E-state index contributed by atoms with van der Waals surface area (Å²) in [6.45, 7) is 0.0226. The van der Waals surface area contributed by atoms with Gasteiger partial charge in [-0.3, -0.25) is 0 Å². The van der Waals surface area contributed by atoms with Crippen molar-refractivity contribution < 1.29 is 21.2 Å². The molecule has 0 saturated carbocycles. The van der Waals surface area contributed by atoms with E-state index in [-0.39, 0.29) is 41.0 Å². The van der Waals surface area contributed by atoms with E-state index in [0.717, 1.165) is 12.1 Å². The third-order valence-corrected chi connectivity index (χ3v) is 8.41. The average molecular weight is 419 g/mol. The largest absolute Gasteiger partial charge is 0.244 e. The van der Waals surface area contributed by atoms with Crippen LogP contribution in [0.1, 0.15) is 0 Å². The van der Waals surface area contributed by atoms with Crippen LogP contribution in [0.2, 0.25) is 5.02 Å². The molecule has 0 aliphatic carbocycles. The van der Waals surface area contributed by atoms with Gasteiger partial charge in [0.25, 0.3) is 0 Å². The van der Waals surface area contributed by atoms with Crippen LogP contribution in [0.3, 0.4) is 0 Å². The molecule has 1 heterocycles. The Hall–Kier alpha value is -1.52. The second-order valence-corrected chi connectivity index (χ2v) is 9.94. The fourth-order valence-corrected chi connectivity index (χ4v) is 6.04. The van der Waals surface area contributed by atoms with Crippen molar-refractivity contribution in [1.82, 2.24) is 8.61 Å². The maximum atomic E-state index is 13.0. The molecule has 2 aromatic rings. The molecule has 1 aliphatic rings. The Bertz CT molecular complexity index is 1000. The number of piperazine rings is 1. The highest BCUT2D eigenvalue weighted by Gasteiger charge is 2.34. The molecule has 0 amide bonds. The molecule has 0 bridgehead atoms. The molecule has 0 atom stereocenters. The number of hydrogen-bond donors (Lipinski definition) is 0. The Kier molecular flexibility index (Phi) is 5.36. The van der Waals surface area contributed by atoms with Gasteiger partial charge in [0.15, 0.2) is 0 Å². The van der Waals surface area contributed by atoms with E-state index < -0.39 is 25.9 Å². The minimum atomic E-state index is -3.80. The van der Waals surface area contributed by atoms with E-state index in [2.05, 4.69) is 0 Å². The van der Waals surface area contributed by atoms with Crippen LogP contribution in [0.15, 0.2) is 58.3 Å². The molecule has 1 fully saturated rings. The third kappa shape index (κ3) is 3.63. The molecule has 2 aromatic carbocycles. The van der Waals surface area contributed by atoms with E-state index in [1.807, 2.05) is 0 Å². The lowest BCUT2D eigenvalue weighted by Gasteiger charge is -2.33. The molecule has 0 spiro atoms. The number of benzene rings is 2. The van der Waals surface area contributed by atoms with E-state index in [4.69, 9.17) is 11.6 Å². The molecular weight excluding hydrogens is 403 g/mol. The van der Waals surface area contributed by atoms with Gasteiger partial charge in [-0.2, -0.15) is 8.61 Å². The number of halogens is 2. The van der Waals surface area contributed by atoms with Crippen LogP contribution >= 0.6 is 11.6 Å². The second-order valence-electron chi connectivity index (χ2n) is 5.69. The standard InChI is InChI=1S/C16H16ClFN2O4S2/c17-15-3-1-2-4-16(15)26(23,24)20-11-9-19(10-12-20)25(21,22)14-7-5-13(18)6-8-14/h1-8H,9-12H2. The number of rotatable bonds is 4. The van der Waals surface area contributed by atoms with Crippen molar-refractivity contribution in [2.75, 3.05) is 26.2 Å². The molecular formula is C16H16ClFN2O4S2. The van der Waals surface area contributed by atoms with Gasteiger partial charge in [0, 0.05) is 26.2 Å². The molecule has 26 heavy (non-hydrogen) atoms. The van der Waals surface area contributed by atoms with Gasteiger partial charge in [-0.1, -0.05) is 23.7 Å². The Morgan fingerprint density at radius 3 is 1.81 bits per heavy atom. The first kappa shape index (κ1) is 19.2. The van der Waals surface area contributed by atoms with E-state index in [9.17, 15) is 21.2 Å². The van der Waals surface area contributed by atoms with Crippen molar-refractivity contribution in [3.05, 3.63) is 59.4 Å². The Labute approximate surface area is 156 Å². The highest BCUT2D eigenvalue weighted by atomic mass is 35.5. The predicted molar refractivity (Wildman–Crippen MR) is 95.4 cm³/mol. The number of hydrogen-bond acceptors (Lipinski definition) is 4. The number of sulfonamides is 2. The summed E-state index contributed by atoms with van der Waals surface area (Å²) in [5, 5.41) is 0.119. The van der Waals surface area contributed by atoms with Crippen LogP contribution in [0.25, 0.3) is 0 Å². The molecule has 1 saturated heterocycles. The summed E-state index contributed by atoms with van der Waals surface area (Å²) in [7, 11) is -7.60. The second kappa shape index (κ2) is 7.24. The first-order valence-electron chi connectivity index (χ1n) is 7.73. The van der Waals surface area contributed by atoms with Crippen molar-refractivity contribution in [2.45, 2.75) is 9.79 Å². The smallest absolute Gasteiger partial charge is 0.207 e. The van der Waals surface area contributed by atoms with Crippen LogP contribution in [0.5, 0.6) is 0 Å². The van der Waals surface area contributed by atoms with Gasteiger partial charge in [-0.25, -0.2) is 21.2 Å². The van der Waals surface area contributed by atoms with Crippen LogP contribution in [0.4, 0.5) is 4.39 Å². The van der Waals surface area contributed by atoms with Crippen molar-refractivity contribution >= 4 is 31.6 Å². The molecule has 6 nitrogen and oxygen atoms in total. The Morgan fingerprint density at radius 1 is 0.769 bits per heavy atom. The summed E-state index contributed by atoms with van der Waals surface area (Å²) in [6, 6.07) is 10.6. The molecule has 0 radical (unpaired) electrons. The van der Waals surface area contributed by atoms with Crippen LogP contribution in [0, 0.1) is 5.82 Å². The van der Waals surface area contributed by atoms with Gasteiger partial charge < -0.3 is 0 Å². The van der Waals surface area contributed by atoms with Crippen molar-refractivity contribution in [3.63, 3.8) is 0 Å². The molecule has 0 unspecified atom stereocenters. The Morgan fingerprint density at radius 2 is 1.27 bits per heavy atom. The van der Waals surface area contributed by atoms with E-state index >= 15 is 0 Å². The summed E-state index contributed by atoms with van der Waals surface area (Å²) in [4.78, 5) is -0.0298. The monoisotopic (exact) mass is 418 g/mol. The maximum absolute atomic E-state index is 13.0. The first-order valence-corrected chi connectivity index (χ1v) is 11.0. The Balaban J connectivity index is 1.77. The van der Waals surface area contributed by atoms with Crippen LogP contribution in [-0.4, -0.2) is 51.6 Å². The maximum Gasteiger partial charge on any atom is 0.244 e. The minimum Gasteiger partial charge on any atom is -0.207 e. The topological polar surface area (TPSA) is 74.8 Å².